The van der Waals surface area contributed by atoms with Crippen LogP contribution in [0.15, 0.2) is 93.0 Å². The Morgan fingerprint density at radius 2 is 1.52 bits per heavy atom. The van der Waals surface area contributed by atoms with Gasteiger partial charge in [-0.2, -0.15) is 8.42 Å². The summed E-state index contributed by atoms with van der Waals surface area (Å²) in [5, 5.41) is 0.422. The smallest absolute Gasteiger partial charge is 0.347 e. The first-order valence-electron chi connectivity index (χ1n) is 8.69. The van der Waals surface area contributed by atoms with E-state index in [-0.39, 0.29) is 16.5 Å². The highest BCUT2D eigenvalue weighted by atomic mass is 32.2. The molecule has 29 heavy (non-hydrogen) atoms. The third kappa shape index (κ3) is 4.25. The van der Waals surface area contributed by atoms with Gasteiger partial charge in [-0.05, 0) is 48.0 Å². The van der Waals surface area contributed by atoms with Crippen molar-refractivity contribution < 1.29 is 17.0 Å². The molecule has 3 aromatic carbocycles. The zero-order chi connectivity index (χ0) is 20.3. The molecule has 0 aliphatic heterocycles. The van der Waals surface area contributed by atoms with Crippen molar-refractivity contribution >= 4 is 33.2 Å². The van der Waals surface area contributed by atoms with Gasteiger partial charge < -0.3 is 8.60 Å². The second-order valence-electron chi connectivity index (χ2n) is 6.11. The minimum atomic E-state index is -3.88. The number of para-hydroxylation sites is 1. The Morgan fingerprint density at radius 1 is 0.828 bits per heavy atom. The summed E-state index contributed by atoms with van der Waals surface area (Å²) >= 11 is 0. The molecule has 0 spiro atoms. The first kappa shape index (κ1) is 18.6. The zero-order valence-corrected chi connectivity index (χ0v) is 15.9. The van der Waals surface area contributed by atoms with Crippen molar-refractivity contribution in [3.05, 3.63) is 101 Å². The summed E-state index contributed by atoms with van der Waals surface area (Å²) in [6.07, 6.45) is 3.28. The lowest BCUT2D eigenvalue weighted by molar-refractivity contribution is 0.486. The molecule has 0 amide bonds. The lowest BCUT2D eigenvalue weighted by atomic mass is 10.2. The maximum absolute atomic E-state index is 12.2. The van der Waals surface area contributed by atoms with E-state index in [1.54, 1.807) is 78.9 Å². The molecule has 0 aliphatic rings. The lowest BCUT2D eigenvalue weighted by Crippen LogP contribution is -2.09. The number of nitrogens with zero attached hydrogens (tertiary/aromatic N) is 1. The average Bonchev–Trinajstić information content (AvgIpc) is 2.74. The van der Waals surface area contributed by atoms with Crippen molar-refractivity contribution in [1.29, 1.82) is 0 Å². The number of hydrogen-bond donors (Lipinski definition) is 0. The van der Waals surface area contributed by atoms with E-state index in [1.165, 1.54) is 12.1 Å². The number of benzene rings is 3. The van der Waals surface area contributed by atoms with Crippen LogP contribution in [0.3, 0.4) is 0 Å². The molecule has 0 fully saturated rings. The van der Waals surface area contributed by atoms with Crippen LogP contribution in [0.2, 0.25) is 0 Å². The molecule has 144 valence electrons. The quantitative estimate of drug-likeness (QED) is 0.464. The molecule has 0 aliphatic carbocycles. The van der Waals surface area contributed by atoms with Gasteiger partial charge in [0.1, 0.15) is 10.6 Å². The standard InChI is InChI=1S/C22H15NO5S/c24-22-19-8-4-5-9-20(19)23-21(27-22)15-12-16-10-13-17(14-11-16)28-29(25,26)18-6-2-1-3-7-18/h1-15H. The summed E-state index contributed by atoms with van der Waals surface area (Å²) in [6, 6.07) is 21.3. The molecule has 1 heterocycles. The second kappa shape index (κ2) is 7.73. The van der Waals surface area contributed by atoms with Gasteiger partial charge in [0, 0.05) is 6.08 Å². The van der Waals surface area contributed by atoms with E-state index in [0.29, 0.717) is 10.9 Å². The molecule has 0 N–H and O–H groups in total. The average molecular weight is 405 g/mol. The summed E-state index contributed by atoms with van der Waals surface area (Å²) in [4.78, 5) is 16.4. The van der Waals surface area contributed by atoms with Crippen molar-refractivity contribution in [3.63, 3.8) is 0 Å². The van der Waals surface area contributed by atoms with Crippen LogP contribution in [-0.2, 0) is 10.1 Å². The van der Waals surface area contributed by atoms with Crippen molar-refractivity contribution in [2.24, 2.45) is 0 Å². The minimum absolute atomic E-state index is 0.0846. The zero-order valence-electron chi connectivity index (χ0n) is 15.1. The molecule has 4 rings (SSSR count). The molecule has 0 radical (unpaired) electrons. The van der Waals surface area contributed by atoms with Gasteiger partial charge in [-0.3, -0.25) is 0 Å². The Hall–Kier alpha value is -3.71. The van der Waals surface area contributed by atoms with E-state index < -0.39 is 15.7 Å². The minimum Gasteiger partial charge on any atom is -0.404 e. The van der Waals surface area contributed by atoms with Crippen LogP contribution in [-0.4, -0.2) is 13.4 Å². The molecule has 1 aromatic heterocycles. The predicted octanol–water partition coefficient (Wildman–Crippen LogP) is 4.13. The van der Waals surface area contributed by atoms with E-state index >= 15 is 0 Å². The predicted molar refractivity (Wildman–Crippen MR) is 110 cm³/mol. The largest absolute Gasteiger partial charge is 0.404 e. The van der Waals surface area contributed by atoms with Crippen LogP contribution in [0.25, 0.3) is 23.1 Å². The SMILES string of the molecule is O=c1oc(C=Cc2ccc(OS(=O)(=O)c3ccccc3)cc2)nc2ccccc12. The van der Waals surface area contributed by atoms with Crippen molar-refractivity contribution in [2.45, 2.75) is 4.90 Å². The highest BCUT2D eigenvalue weighted by molar-refractivity contribution is 7.87. The highest BCUT2D eigenvalue weighted by Crippen LogP contribution is 2.20. The Morgan fingerprint density at radius 3 is 2.28 bits per heavy atom. The van der Waals surface area contributed by atoms with Crippen LogP contribution < -0.4 is 9.81 Å². The summed E-state index contributed by atoms with van der Waals surface area (Å²) < 4.78 is 34.8. The van der Waals surface area contributed by atoms with E-state index in [0.717, 1.165) is 5.56 Å². The van der Waals surface area contributed by atoms with Gasteiger partial charge in [-0.1, -0.05) is 42.5 Å². The molecule has 0 saturated heterocycles. The van der Waals surface area contributed by atoms with E-state index in [1.807, 2.05) is 0 Å². The van der Waals surface area contributed by atoms with Gasteiger partial charge in [0.15, 0.2) is 0 Å². The van der Waals surface area contributed by atoms with Gasteiger partial charge in [0.25, 0.3) is 0 Å². The van der Waals surface area contributed by atoms with E-state index in [9.17, 15) is 13.2 Å². The Kier molecular flexibility index (Phi) is 4.97. The molecule has 0 atom stereocenters. The fourth-order valence-corrected chi connectivity index (χ4v) is 3.62. The maximum atomic E-state index is 12.2. The molecule has 0 unspecified atom stereocenters. The highest BCUT2D eigenvalue weighted by Gasteiger charge is 2.15. The van der Waals surface area contributed by atoms with Crippen LogP contribution in [0.1, 0.15) is 11.5 Å². The number of fused-ring (bicyclic) bond motifs is 1. The Labute approximate surface area is 166 Å². The third-order valence-electron chi connectivity index (χ3n) is 4.09. The molecule has 4 aromatic rings. The fraction of sp³-hybridized carbons (Fsp3) is 0. The van der Waals surface area contributed by atoms with Crippen LogP contribution in [0.4, 0.5) is 0 Å². The summed E-state index contributed by atoms with van der Waals surface area (Å²) in [5.74, 6) is 0.377. The van der Waals surface area contributed by atoms with Crippen LogP contribution in [0.5, 0.6) is 5.75 Å². The Balaban J connectivity index is 1.52. The van der Waals surface area contributed by atoms with Crippen molar-refractivity contribution in [2.75, 3.05) is 0 Å². The van der Waals surface area contributed by atoms with E-state index in [4.69, 9.17) is 8.60 Å². The number of rotatable bonds is 5. The lowest BCUT2D eigenvalue weighted by Gasteiger charge is -2.07. The molecule has 0 saturated carbocycles. The summed E-state index contributed by atoms with van der Waals surface area (Å²) in [6.45, 7) is 0. The summed E-state index contributed by atoms with van der Waals surface area (Å²) in [7, 11) is -3.88. The van der Waals surface area contributed by atoms with Crippen LogP contribution in [0, 0.1) is 0 Å². The molecular weight excluding hydrogens is 390 g/mol. The van der Waals surface area contributed by atoms with Crippen molar-refractivity contribution in [1.82, 2.24) is 4.98 Å². The van der Waals surface area contributed by atoms with Crippen LogP contribution >= 0.6 is 0 Å². The number of hydrogen-bond acceptors (Lipinski definition) is 6. The van der Waals surface area contributed by atoms with Gasteiger partial charge in [-0.25, -0.2) is 9.78 Å². The normalized spacial score (nSPS) is 11.7. The fourth-order valence-electron chi connectivity index (χ4n) is 2.67. The molecule has 0 bridgehead atoms. The summed E-state index contributed by atoms with van der Waals surface area (Å²) in [5.41, 5.74) is 0.857. The van der Waals surface area contributed by atoms with Gasteiger partial charge in [0.2, 0.25) is 5.89 Å². The first-order valence-corrected chi connectivity index (χ1v) is 10.1. The second-order valence-corrected chi connectivity index (χ2v) is 7.66. The third-order valence-corrected chi connectivity index (χ3v) is 5.35. The number of aromatic nitrogens is 1. The molecular formula is C22H15NO5S. The van der Waals surface area contributed by atoms with Gasteiger partial charge >= 0.3 is 15.7 Å². The maximum Gasteiger partial charge on any atom is 0.347 e. The monoisotopic (exact) mass is 405 g/mol. The first-order chi connectivity index (χ1) is 14.0. The Bertz CT molecular complexity index is 1340. The van der Waals surface area contributed by atoms with Crippen molar-refractivity contribution in [3.8, 4) is 5.75 Å². The molecule has 7 heteroatoms. The molecule has 6 nitrogen and oxygen atoms in total. The van der Waals surface area contributed by atoms with E-state index in [2.05, 4.69) is 4.98 Å². The van der Waals surface area contributed by atoms with Gasteiger partial charge in [-0.15, -0.1) is 0 Å². The topological polar surface area (TPSA) is 86.5 Å². The van der Waals surface area contributed by atoms with Gasteiger partial charge in [0.05, 0.1) is 10.9 Å².